The van der Waals surface area contributed by atoms with E-state index in [1.54, 1.807) is 24.3 Å². The number of amides is 1. The molecule has 1 fully saturated rings. The van der Waals surface area contributed by atoms with Crippen LogP contribution in [0.1, 0.15) is 59.3 Å². The molecular weight excluding hydrogens is 481 g/mol. The summed E-state index contributed by atoms with van der Waals surface area (Å²) in [4.78, 5) is 21.3. The summed E-state index contributed by atoms with van der Waals surface area (Å²) in [5.41, 5.74) is 7.37. The fourth-order valence-electron chi connectivity index (χ4n) is 4.20. The number of carbonyl (C=O) groups excluding carboxylic acids is 1. The number of nitrogens with one attached hydrogen (secondary N) is 1. The fraction of sp³-hybridized carbons (Fsp3) is 0.320. The molecule has 1 aliphatic rings. The van der Waals surface area contributed by atoms with Crippen molar-refractivity contribution in [2.24, 2.45) is 0 Å². The zero-order valence-corrected chi connectivity index (χ0v) is 19.4. The molecule has 1 saturated carbocycles. The molecule has 1 aromatic heterocycles. The van der Waals surface area contributed by atoms with E-state index in [-0.39, 0.29) is 48.7 Å². The molecule has 2 aromatic carbocycles. The van der Waals surface area contributed by atoms with Crippen molar-refractivity contribution < 1.29 is 23.1 Å². The maximum atomic E-state index is 15.0. The first-order valence-corrected chi connectivity index (χ1v) is 11.5. The number of nitrogens with two attached hydrogens (primary N) is 1. The molecule has 0 bridgehead atoms. The van der Waals surface area contributed by atoms with Crippen molar-refractivity contribution in [1.82, 2.24) is 15.3 Å². The normalized spacial score (nSPS) is 16.6. The lowest BCUT2D eigenvalue weighted by atomic mass is 9.85. The first kappa shape index (κ1) is 24.9. The van der Waals surface area contributed by atoms with E-state index in [0.29, 0.717) is 21.8 Å². The van der Waals surface area contributed by atoms with E-state index < -0.39 is 30.3 Å². The average molecular weight is 505 g/mol. The van der Waals surface area contributed by atoms with Crippen LogP contribution in [-0.4, -0.2) is 33.5 Å². The van der Waals surface area contributed by atoms with Gasteiger partial charge in [-0.15, -0.1) is 0 Å². The van der Waals surface area contributed by atoms with Crippen molar-refractivity contribution in [2.45, 2.75) is 43.6 Å². The number of halogens is 4. The second kappa shape index (κ2) is 10.2. The van der Waals surface area contributed by atoms with Crippen LogP contribution in [0.5, 0.6) is 0 Å². The Morgan fingerprint density at radius 1 is 1.23 bits per heavy atom. The summed E-state index contributed by atoms with van der Waals surface area (Å²) in [7, 11) is 0. The van der Waals surface area contributed by atoms with E-state index in [1.165, 1.54) is 18.3 Å². The Morgan fingerprint density at radius 3 is 2.63 bits per heavy atom. The Bertz CT molecular complexity index is 1230. The third-order valence-corrected chi connectivity index (χ3v) is 6.42. The van der Waals surface area contributed by atoms with Crippen molar-refractivity contribution in [3.63, 3.8) is 0 Å². The summed E-state index contributed by atoms with van der Waals surface area (Å²) >= 11 is 5.98. The monoisotopic (exact) mass is 504 g/mol. The van der Waals surface area contributed by atoms with Gasteiger partial charge in [0.1, 0.15) is 17.3 Å². The third kappa shape index (κ3) is 5.74. The highest BCUT2D eigenvalue weighted by Crippen LogP contribution is 2.40. The van der Waals surface area contributed by atoms with Crippen LogP contribution in [0.25, 0.3) is 11.3 Å². The number of nitrogen functional groups attached to an aromatic ring is 1. The van der Waals surface area contributed by atoms with Crippen LogP contribution in [0.3, 0.4) is 0 Å². The molecule has 1 heterocycles. The maximum Gasteiger partial charge on any atom is 0.254 e. The Labute approximate surface area is 205 Å². The Hall–Kier alpha value is -3.17. The minimum Gasteiger partial charge on any atom is -0.394 e. The number of hydrogen-bond donors (Lipinski definition) is 3. The predicted molar refractivity (Wildman–Crippen MR) is 127 cm³/mol. The largest absolute Gasteiger partial charge is 0.394 e. The molecule has 184 valence electrons. The van der Waals surface area contributed by atoms with Gasteiger partial charge in [-0.2, -0.15) is 0 Å². The van der Waals surface area contributed by atoms with Crippen molar-refractivity contribution in [3.05, 3.63) is 76.3 Å². The van der Waals surface area contributed by atoms with Gasteiger partial charge in [-0.05, 0) is 42.7 Å². The molecule has 1 aliphatic carbocycles. The molecule has 1 atom stereocenters. The van der Waals surface area contributed by atoms with Gasteiger partial charge in [-0.25, -0.2) is 23.1 Å². The molecule has 0 spiro atoms. The lowest BCUT2D eigenvalue weighted by Crippen LogP contribution is -2.31. The second-order valence-electron chi connectivity index (χ2n) is 8.62. The van der Waals surface area contributed by atoms with Gasteiger partial charge in [-0.3, -0.25) is 4.79 Å². The number of aliphatic hydroxyl groups is 1. The number of rotatable bonds is 6. The summed E-state index contributed by atoms with van der Waals surface area (Å²) in [5.74, 6) is -4.32. The predicted octanol–water partition coefficient (Wildman–Crippen LogP) is 5.27. The lowest BCUT2D eigenvalue weighted by Gasteiger charge is -2.27. The molecular formula is C25H24ClF3N4O2. The topological polar surface area (TPSA) is 101 Å². The molecule has 6 nitrogen and oxygen atoms in total. The Morgan fingerprint density at radius 2 is 1.97 bits per heavy atom. The third-order valence-electron chi connectivity index (χ3n) is 6.18. The highest BCUT2D eigenvalue weighted by Gasteiger charge is 2.36. The van der Waals surface area contributed by atoms with Gasteiger partial charge in [0.05, 0.1) is 30.1 Å². The smallest absolute Gasteiger partial charge is 0.254 e. The molecule has 10 heteroatoms. The molecule has 0 aliphatic heterocycles. The van der Waals surface area contributed by atoms with Crippen LogP contribution in [0.2, 0.25) is 5.02 Å². The summed E-state index contributed by atoms with van der Waals surface area (Å²) in [6, 6.07) is 9.76. The summed E-state index contributed by atoms with van der Waals surface area (Å²) in [6.45, 7) is -0.405. The first-order valence-electron chi connectivity index (χ1n) is 11.1. The van der Waals surface area contributed by atoms with Crippen LogP contribution in [-0.2, 0) is 0 Å². The number of hydrogen-bond acceptors (Lipinski definition) is 5. The van der Waals surface area contributed by atoms with Crippen molar-refractivity contribution in [1.29, 1.82) is 0 Å². The molecule has 4 rings (SSSR count). The standard InChI is InChI=1S/C25H24ClF3N4O2/c26-17-3-1-2-15(10-17)21(13-34)33-24(35)18-5-4-16(11-19(18)27)22-23(30)31-12-20(32-22)14-6-8-25(28,29)9-7-14/h1-5,10-12,14,21,34H,6-9,13H2,(H2,30,31)(H,33,35). The van der Waals surface area contributed by atoms with Crippen LogP contribution >= 0.6 is 11.6 Å². The summed E-state index contributed by atoms with van der Waals surface area (Å²) < 4.78 is 42.0. The minimum atomic E-state index is -2.66. The van der Waals surface area contributed by atoms with Crippen molar-refractivity contribution in [2.75, 3.05) is 12.3 Å². The van der Waals surface area contributed by atoms with Gasteiger partial charge in [0.2, 0.25) is 5.92 Å². The fourth-order valence-corrected chi connectivity index (χ4v) is 4.40. The van der Waals surface area contributed by atoms with Gasteiger partial charge in [0, 0.05) is 29.3 Å². The average Bonchev–Trinajstić information content (AvgIpc) is 2.82. The number of nitrogens with zero attached hydrogens (tertiary/aromatic N) is 2. The van der Waals surface area contributed by atoms with E-state index >= 15 is 0 Å². The van der Waals surface area contributed by atoms with Gasteiger partial charge < -0.3 is 16.2 Å². The first-order chi connectivity index (χ1) is 16.7. The van der Waals surface area contributed by atoms with Gasteiger partial charge in [-0.1, -0.05) is 29.8 Å². The summed E-state index contributed by atoms with van der Waals surface area (Å²) in [6.07, 6.45) is 1.58. The van der Waals surface area contributed by atoms with Crippen LogP contribution < -0.4 is 11.1 Å². The molecule has 4 N–H and O–H groups in total. The van der Waals surface area contributed by atoms with E-state index in [9.17, 15) is 23.1 Å². The van der Waals surface area contributed by atoms with Crippen molar-refractivity contribution in [3.8, 4) is 11.3 Å². The second-order valence-corrected chi connectivity index (χ2v) is 9.05. The van der Waals surface area contributed by atoms with E-state index in [2.05, 4.69) is 15.3 Å². The number of aromatic nitrogens is 2. The molecule has 0 radical (unpaired) electrons. The SMILES string of the molecule is Nc1ncc(C2CCC(F)(F)CC2)nc1-c1ccc(C(=O)NC(CO)c2cccc(Cl)c2)c(F)c1. The van der Waals surface area contributed by atoms with Gasteiger partial charge >= 0.3 is 0 Å². The minimum absolute atomic E-state index is 0.0628. The quantitative estimate of drug-likeness (QED) is 0.424. The van der Waals surface area contributed by atoms with Gasteiger partial charge in [0.15, 0.2) is 0 Å². The molecule has 35 heavy (non-hydrogen) atoms. The number of aliphatic hydroxyl groups excluding tert-OH is 1. The number of alkyl halides is 2. The zero-order chi connectivity index (χ0) is 25.2. The Balaban J connectivity index is 1.54. The van der Waals surface area contributed by atoms with Crippen LogP contribution in [0, 0.1) is 5.82 Å². The lowest BCUT2D eigenvalue weighted by molar-refractivity contribution is -0.0385. The van der Waals surface area contributed by atoms with Crippen molar-refractivity contribution >= 4 is 23.3 Å². The van der Waals surface area contributed by atoms with E-state index in [1.807, 2.05) is 0 Å². The molecule has 3 aromatic rings. The number of carbonyl (C=O) groups is 1. The van der Waals surface area contributed by atoms with Gasteiger partial charge in [0.25, 0.3) is 5.91 Å². The highest BCUT2D eigenvalue weighted by molar-refractivity contribution is 6.30. The molecule has 0 saturated heterocycles. The van der Waals surface area contributed by atoms with Crippen LogP contribution in [0.4, 0.5) is 19.0 Å². The molecule has 1 amide bonds. The zero-order valence-electron chi connectivity index (χ0n) is 18.6. The summed E-state index contributed by atoms with van der Waals surface area (Å²) in [5, 5.41) is 12.7. The maximum absolute atomic E-state index is 15.0. The number of anilines is 1. The van der Waals surface area contributed by atoms with Crippen LogP contribution in [0.15, 0.2) is 48.7 Å². The number of benzene rings is 2. The van der Waals surface area contributed by atoms with E-state index in [0.717, 1.165) is 6.07 Å². The molecule has 1 unspecified atom stereocenters. The Kier molecular flexibility index (Phi) is 7.28. The highest BCUT2D eigenvalue weighted by atomic mass is 35.5. The van der Waals surface area contributed by atoms with E-state index in [4.69, 9.17) is 17.3 Å².